The fraction of sp³-hybridized carbons (Fsp3) is 0.383. The van der Waals surface area contributed by atoms with Crippen molar-refractivity contribution in [3.05, 3.63) is 123 Å². The number of sulfonamides is 1. The third-order valence-electron chi connectivity index (χ3n) is 12.6. The fourth-order valence-corrected chi connectivity index (χ4v) is 11.2. The number of nitrogens with zero attached hydrogens (tertiary/aromatic N) is 4. The summed E-state index contributed by atoms with van der Waals surface area (Å²) in [6.45, 7) is 10.8. The molecule has 0 atom stereocenters. The number of rotatable bonds is 15. The van der Waals surface area contributed by atoms with E-state index >= 15 is 0 Å². The standard InChI is InChI=1S/C47H56ClN7O8S2/c1-47(2)16-14-35(41(31-47)33-4-6-36(48)7-5-33)32-53-20-22-54(23-21-53)37-8-11-40(45(29-37)63-38-9-12-42-34(28-38)15-18-50-42)46(56)51-65(61,62)39-10-13-43(44(30-39)55(57)58)49-17-3-19-52-24-26-64(59,60)27-25-52/h4-13,15,18,28-30,49-50,59-60H,3,14,16-17,19-27,31-32H2,1-2H3,(H,51,56). The van der Waals surface area contributed by atoms with Crippen LogP contribution in [0.2, 0.25) is 5.02 Å². The summed E-state index contributed by atoms with van der Waals surface area (Å²) in [7, 11) is -7.09. The number of halogens is 1. The minimum Gasteiger partial charge on any atom is -0.456 e. The molecule has 0 radical (unpaired) electrons. The van der Waals surface area contributed by atoms with Crippen LogP contribution in [-0.4, -0.2) is 114 Å². The molecule has 2 saturated heterocycles. The predicted molar refractivity (Wildman–Crippen MR) is 259 cm³/mol. The Balaban J connectivity index is 0.967. The quantitative estimate of drug-likeness (QED) is 0.0380. The maximum absolute atomic E-state index is 14.0. The van der Waals surface area contributed by atoms with Crippen LogP contribution in [0.4, 0.5) is 17.1 Å². The van der Waals surface area contributed by atoms with Gasteiger partial charge < -0.3 is 24.8 Å². The fourth-order valence-electron chi connectivity index (χ4n) is 8.83. The van der Waals surface area contributed by atoms with Crippen LogP contribution in [0.3, 0.4) is 0 Å². The maximum Gasteiger partial charge on any atom is 0.293 e. The van der Waals surface area contributed by atoms with Gasteiger partial charge >= 0.3 is 0 Å². The first-order chi connectivity index (χ1) is 31.0. The zero-order valence-electron chi connectivity index (χ0n) is 36.6. The van der Waals surface area contributed by atoms with Crippen LogP contribution in [0.15, 0.2) is 102 Å². The molecule has 4 aromatic carbocycles. The number of aromatic nitrogens is 1. The molecule has 0 spiro atoms. The summed E-state index contributed by atoms with van der Waals surface area (Å²) in [5.41, 5.74) is 5.69. The van der Waals surface area contributed by atoms with Crippen LogP contribution in [0.25, 0.3) is 16.5 Å². The van der Waals surface area contributed by atoms with Gasteiger partial charge in [0.2, 0.25) is 0 Å². The molecule has 0 bridgehead atoms. The highest BCUT2D eigenvalue weighted by Gasteiger charge is 2.31. The zero-order valence-corrected chi connectivity index (χ0v) is 39.0. The second kappa shape index (κ2) is 19.4. The number of ether oxygens (including phenoxy) is 1. The molecular weight excluding hydrogens is 890 g/mol. The van der Waals surface area contributed by atoms with E-state index in [1.165, 1.54) is 28.8 Å². The van der Waals surface area contributed by atoms with Gasteiger partial charge in [-0.15, -0.1) is 0 Å². The summed E-state index contributed by atoms with van der Waals surface area (Å²) in [6, 6.07) is 24.1. The number of hydrogen-bond acceptors (Lipinski definition) is 12. The molecule has 346 valence electrons. The summed E-state index contributed by atoms with van der Waals surface area (Å²) in [5.74, 6) is 0.296. The van der Waals surface area contributed by atoms with Gasteiger partial charge in [0, 0.05) is 92.3 Å². The topological polar surface area (TPSA) is 194 Å². The summed E-state index contributed by atoms with van der Waals surface area (Å²) < 4.78 is 55.7. The number of anilines is 2. The maximum atomic E-state index is 14.0. The zero-order chi connectivity index (χ0) is 45.9. The molecule has 15 nitrogen and oxygen atoms in total. The summed E-state index contributed by atoms with van der Waals surface area (Å²) in [4.78, 5) is 35.0. The van der Waals surface area contributed by atoms with Crippen molar-refractivity contribution < 1.29 is 32.0 Å². The van der Waals surface area contributed by atoms with E-state index in [1.807, 2.05) is 36.5 Å². The third kappa shape index (κ3) is 11.5. The van der Waals surface area contributed by atoms with Gasteiger partial charge in [0.25, 0.3) is 21.6 Å². The average molecular weight is 947 g/mol. The van der Waals surface area contributed by atoms with E-state index in [1.54, 1.807) is 24.3 Å². The van der Waals surface area contributed by atoms with Gasteiger partial charge in [0.05, 0.1) is 26.9 Å². The molecule has 0 saturated carbocycles. The molecule has 2 aliphatic heterocycles. The van der Waals surface area contributed by atoms with Crippen molar-refractivity contribution in [3.8, 4) is 11.5 Å². The number of hydrogen-bond donors (Lipinski definition) is 5. The molecule has 0 unspecified atom stereocenters. The molecule has 1 aromatic heterocycles. The van der Waals surface area contributed by atoms with Crippen LogP contribution < -0.4 is 19.7 Å². The number of fused-ring (bicyclic) bond motifs is 1. The smallest absolute Gasteiger partial charge is 0.293 e. The first-order valence-electron chi connectivity index (χ1n) is 21.9. The van der Waals surface area contributed by atoms with Crippen molar-refractivity contribution in [1.82, 2.24) is 19.5 Å². The molecule has 5 N–H and O–H groups in total. The lowest BCUT2D eigenvalue weighted by atomic mass is 9.72. The molecule has 3 heterocycles. The minimum atomic E-state index is -4.58. The molecular formula is C47H56ClN7O8S2. The monoisotopic (exact) mass is 945 g/mol. The highest BCUT2D eigenvalue weighted by molar-refractivity contribution is 8.24. The normalized spacial score (nSPS) is 18.6. The van der Waals surface area contributed by atoms with Gasteiger partial charge in [-0.3, -0.25) is 28.9 Å². The number of aromatic amines is 1. The van der Waals surface area contributed by atoms with Crippen LogP contribution in [0.5, 0.6) is 11.5 Å². The Bertz CT molecular complexity index is 2690. The number of benzene rings is 4. The van der Waals surface area contributed by atoms with E-state index in [4.69, 9.17) is 16.3 Å². The Labute approximate surface area is 386 Å². The second-order valence-corrected chi connectivity index (χ2v) is 22.4. The average Bonchev–Trinajstić information content (AvgIpc) is 3.75. The minimum absolute atomic E-state index is 0.0291. The van der Waals surface area contributed by atoms with E-state index in [-0.39, 0.29) is 22.4 Å². The van der Waals surface area contributed by atoms with Gasteiger partial charge in [0.1, 0.15) is 17.2 Å². The Morgan fingerprint density at radius 2 is 1.69 bits per heavy atom. The second-order valence-electron chi connectivity index (χ2n) is 17.9. The number of carbonyl (C=O) groups is 1. The Kier molecular flexibility index (Phi) is 13.8. The van der Waals surface area contributed by atoms with Crippen molar-refractivity contribution in [2.75, 3.05) is 80.6 Å². The predicted octanol–water partition coefficient (Wildman–Crippen LogP) is 9.29. The van der Waals surface area contributed by atoms with E-state index in [2.05, 4.69) is 55.7 Å². The Morgan fingerprint density at radius 3 is 2.43 bits per heavy atom. The van der Waals surface area contributed by atoms with E-state index in [0.29, 0.717) is 49.9 Å². The van der Waals surface area contributed by atoms with Crippen LogP contribution in [0, 0.1) is 15.5 Å². The van der Waals surface area contributed by atoms with Gasteiger partial charge in [-0.1, -0.05) is 43.2 Å². The van der Waals surface area contributed by atoms with Crippen LogP contribution in [-0.2, 0) is 10.0 Å². The SMILES string of the molecule is CC1(C)CCC(CN2CCN(c3ccc(C(=O)NS(=O)(=O)c4ccc(NCCCN5CCS(O)(O)CC5)c([N+](=O)[O-])c4)c(Oc4ccc5[nH]ccc5c4)c3)CC2)=C(c2ccc(Cl)cc2)C1. The number of amides is 1. The first-order valence-corrected chi connectivity index (χ1v) is 25.6. The summed E-state index contributed by atoms with van der Waals surface area (Å²) in [6.07, 6.45) is 5.62. The molecule has 65 heavy (non-hydrogen) atoms. The van der Waals surface area contributed by atoms with Crippen LogP contribution in [0.1, 0.15) is 55.5 Å². The van der Waals surface area contributed by atoms with Crippen molar-refractivity contribution in [3.63, 3.8) is 0 Å². The molecule has 3 aliphatic rings. The third-order valence-corrected chi connectivity index (χ3v) is 15.9. The summed E-state index contributed by atoms with van der Waals surface area (Å²) in [5, 5.41) is 16.8. The molecule has 1 amide bonds. The van der Waals surface area contributed by atoms with E-state index < -0.39 is 42.0 Å². The number of nitrogens with one attached hydrogen (secondary N) is 3. The highest BCUT2D eigenvalue weighted by Crippen LogP contribution is 2.44. The van der Waals surface area contributed by atoms with Gasteiger partial charge in [-0.25, -0.2) is 13.1 Å². The largest absolute Gasteiger partial charge is 0.456 e. The molecule has 2 fully saturated rings. The van der Waals surface area contributed by atoms with Crippen molar-refractivity contribution >= 4 is 71.7 Å². The Morgan fingerprint density at radius 1 is 0.938 bits per heavy atom. The lowest BCUT2D eigenvalue weighted by Crippen LogP contribution is -2.47. The molecule has 18 heteroatoms. The molecule has 1 aliphatic carbocycles. The van der Waals surface area contributed by atoms with Gasteiger partial charge in [0.15, 0.2) is 0 Å². The van der Waals surface area contributed by atoms with Crippen molar-refractivity contribution in [2.24, 2.45) is 5.41 Å². The number of nitro groups is 1. The van der Waals surface area contributed by atoms with E-state index in [9.17, 15) is 32.4 Å². The number of carbonyl (C=O) groups excluding carboxylic acids is 1. The Hall–Kier alpha value is -5.14. The number of piperazine rings is 1. The van der Waals surface area contributed by atoms with Gasteiger partial charge in [-0.05, 0) is 109 Å². The van der Waals surface area contributed by atoms with Gasteiger partial charge in [-0.2, -0.15) is 10.6 Å². The number of nitro benzene ring substituents is 1. The number of H-pyrrole nitrogens is 1. The lowest BCUT2D eigenvalue weighted by molar-refractivity contribution is -0.384. The molecule has 5 aromatic rings. The summed E-state index contributed by atoms with van der Waals surface area (Å²) >= 11 is 6.24. The highest BCUT2D eigenvalue weighted by atomic mass is 35.5. The van der Waals surface area contributed by atoms with E-state index in [0.717, 1.165) is 79.7 Å². The lowest BCUT2D eigenvalue weighted by Gasteiger charge is -2.41. The van der Waals surface area contributed by atoms with Crippen molar-refractivity contribution in [2.45, 2.75) is 44.4 Å². The molecule has 8 rings (SSSR count). The van der Waals surface area contributed by atoms with Crippen LogP contribution >= 0.6 is 22.2 Å². The number of allylic oxidation sites excluding steroid dienone is 1. The van der Waals surface area contributed by atoms with Crippen molar-refractivity contribution in [1.29, 1.82) is 0 Å². The first kappa shape index (κ1) is 46.4.